The molecule has 1 saturated heterocycles. The molecule has 0 atom stereocenters. The number of rotatable bonds is 6. The van der Waals surface area contributed by atoms with Crippen LogP contribution in [0.5, 0.6) is 5.75 Å². The zero-order valence-corrected chi connectivity index (χ0v) is 15.8. The van der Waals surface area contributed by atoms with E-state index < -0.39 is 0 Å². The number of carbonyl (C=O) groups excluding carboxylic acids is 1. The summed E-state index contributed by atoms with van der Waals surface area (Å²) in [7, 11) is 3.21. The molecule has 0 unspecified atom stereocenters. The summed E-state index contributed by atoms with van der Waals surface area (Å²) in [6.45, 7) is 2.22. The number of hydrogen-bond acceptors (Lipinski definition) is 9. The summed E-state index contributed by atoms with van der Waals surface area (Å²) in [6, 6.07) is 5.13. The standard InChI is InChI=1S/C18H23N7O3/c1-21-16-12(10-19)15(20)23-18(24-16)22-13-4-3-11(9-14(13)27-2)17(26)25-5-7-28-8-6-25/h3-4,9-10,19H,5-8H2,1-2H3,(H4,20,21,22,23,24). The van der Waals surface area contributed by atoms with E-state index in [0.717, 1.165) is 6.21 Å². The average Bonchev–Trinajstić information content (AvgIpc) is 2.73. The van der Waals surface area contributed by atoms with Crippen molar-refractivity contribution in [2.24, 2.45) is 0 Å². The fraction of sp³-hybridized carbons (Fsp3) is 0.333. The van der Waals surface area contributed by atoms with Crippen molar-refractivity contribution < 1.29 is 14.3 Å². The average molecular weight is 385 g/mol. The molecule has 3 rings (SSSR count). The Morgan fingerprint density at radius 1 is 1.36 bits per heavy atom. The number of methoxy groups -OCH3 is 1. The number of amides is 1. The number of benzene rings is 1. The van der Waals surface area contributed by atoms with Gasteiger partial charge in [-0.25, -0.2) is 0 Å². The van der Waals surface area contributed by atoms with Crippen molar-refractivity contribution in [1.82, 2.24) is 14.9 Å². The molecule has 0 spiro atoms. The van der Waals surface area contributed by atoms with Gasteiger partial charge in [-0.1, -0.05) is 0 Å². The van der Waals surface area contributed by atoms with Crippen LogP contribution in [-0.2, 0) is 4.74 Å². The van der Waals surface area contributed by atoms with Crippen molar-refractivity contribution in [3.05, 3.63) is 29.3 Å². The van der Waals surface area contributed by atoms with Crippen LogP contribution in [-0.4, -0.2) is 67.5 Å². The summed E-state index contributed by atoms with van der Waals surface area (Å²) in [4.78, 5) is 22.9. The Morgan fingerprint density at radius 2 is 2.11 bits per heavy atom. The largest absolute Gasteiger partial charge is 0.495 e. The molecule has 1 amide bonds. The Balaban J connectivity index is 1.86. The number of nitrogens with zero attached hydrogens (tertiary/aromatic N) is 3. The maximum atomic E-state index is 12.7. The third kappa shape index (κ3) is 3.96. The number of anilines is 4. The zero-order valence-electron chi connectivity index (χ0n) is 15.8. The number of morpholine rings is 1. The highest BCUT2D eigenvalue weighted by molar-refractivity contribution is 5.95. The maximum absolute atomic E-state index is 12.7. The SMILES string of the molecule is CNc1nc(Nc2ccc(C(=O)N3CCOCC3)cc2OC)nc(N)c1C=N. The number of hydrogen-bond donors (Lipinski definition) is 4. The van der Waals surface area contributed by atoms with Crippen molar-refractivity contribution in [2.75, 3.05) is 56.8 Å². The van der Waals surface area contributed by atoms with Crippen molar-refractivity contribution >= 4 is 35.4 Å². The second-order valence-corrected chi connectivity index (χ2v) is 6.03. The predicted octanol–water partition coefficient (Wildman–Crippen LogP) is 1.32. The molecule has 0 bridgehead atoms. The Morgan fingerprint density at radius 3 is 2.75 bits per heavy atom. The normalized spacial score (nSPS) is 13.7. The summed E-state index contributed by atoms with van der Waals surface area (Å²) < 4.78 is 10.7. The fourth-order valence-corrected chi connectivity index (χ4v) is 2.87. The van der Waals surface area contributed by atoms with Gasteiger partial charge in [0.15, 0.2) is 0 Å². The first-order chi connectivity index (χ1) is 13.6. The molecule has 148 valence electrons. The van der Waals surface area contributed by atoms with Crippen LogP contribution in [0.2, 0.25) is 0 Å². The topological polar surface area (TPSA) is 138 Å². The summed E-state index contributed by atoms with van der Waals surface area (Å²) in [6.07, 6.45) is 1.09. The van der Waals surface area contributed by atoms with Crippen LogP contribution in [0.1, 0.15) is 15.9 Å². The van der Waals surface area contributed by atoms with Gasteiger partial charge in [0.05, 0.1) is 31.6 Å². The molecule has 10 heteroatoms. The van der Waals surface area contributed by atoms with Crippen LogP contribution in [0, 0.1) is 5.41 Å². The van der Waals surface area contributed by atoms with Gasteiger partial charge in [0.2, 0.25) is 5.95 Å². The quantitative estimate of drug-likeness (QED) is 0.546. The van der Waals surface area contributed by atoms with Crippen molar-refractivity contribution in [1.29, 1.82) is 5.41 Å². The van der Waals surface area contributed by atoms with Crippen LogP contribution >= 0.6 is 0 Å². The number of carbonyl (C=O) groups is 1. The Labute approximate surface area is 162 Å². The fourth-order valence-electron chi connectivity index (χ4n) is 2.87. The number of aromatic nitrogens is 2. The van der Waals surface area contributed by atoms with Gasteiger partial charge >= 0.3 is 0 Å². The summed E-state index contributed by atoms with van der Waals surface area (Å²) in [5.41, 5.74) is 7.43. The van der Waals surface area contributed by atoms with Crippen LogP contribution in [0.25, 0.3) is 0 Å². The molecule has 5 N–H and O–H groups in total. The van der Waals surface area contributed by atoms with Gasteiger partial charge in [0.25, 0.3) is 5.91 Å². The highest BCUT2D eigenvalue weighted by atomic mass is 16.5. The molecule has 0 aliphatic carbocycles. The van der Waals surface area contributed by atoms with E-state index in [0.29, 0.717) is 54.7 Å². The van der Waals surface area contributed by atoms with Crippen LogP contribution in [0.3, 0.4) is 0 Å². The molecule has 1 aliphatic heterocycles. The predicted molar refractivity (Wildman–Crippen MR) is 107 cm³/mol. The van der Waals surface area contributed by atoms with Crippen LogP contribution in [0.4, 0.5) is 23.3 Å². The monoisotopic (exact) mass is 385 g/mol. The number of ether oxygens (including phenoxy) is 2. The van der Waals surface area contributed by atoms with Crippen molar-refractivity contribution in [3.63, 3.8) is 0 Å². The lowest BCUT2D eigenvalue weighted by Crippen LogP contribution is -2.40. The number of nitrogen functional groups attached to an aromatic ring is 1. The summed E-state index contributed by atoms with van der Waals surface area (Å²) in [5, 5.41) is 13.4. The molecule has 2 heterocycles. The first kappa shape index (κ1) is 19.4. The van der Waals surface area contributed by atoms with Crippen LogP contribution in [0.15, 0.2) is 18.2 Å². The lowest BCUT2D eigenvalue weighted by atomic mass is 10.1. The van der Waals surface area contributed by atoms with E-state index in [2.05, 4.69) is 20.6 Å². The first-order valence-electron chi connectivity index (χ1n) is 8.75. The second kappa shape index (κ2) is 8.53. The second-order valence-electron chi connectivity index (χ2n) is 6.03. The molecule has 0 saturated carbocycles. The molecule has 0 radical (unpaired) electrons. The number of nitrogens with one attached hydrogen (secondary N) is 3. The molecule has 2 aromatic rings. The molecular formula is C18H23N7O3. The van der Waals surface area contributed by atoms with Gasteiger partial charge in [-0.3, -0.25) is 4.79 Å². The molecular weight excluding hydrogens is 362 g/mol. The van der Waals surface area contributed by atoms with Gasteiger partial charge in [-0.15, -0.1) is 0 Å². The van der Waals surface area contributed by atoms with E-state index in [-0.39, 0.29) is 17.7 Å². The molecule has 1 aromatic carbocycles. The third-order valence-corrected chi connectivity index (χ3v) is 4.35. The van der Waals surface area contributed by atoms with Gasteiger partial charge in [0.1, 0.15) is 17.4 Å². The van der Waals surface area contributed by atoms with E-state index in [9.17, 15) is 4.79 Å². The summed E-state index contributed by atoms with van der Waals surface area (Å²) >= 11 is 0. The molecule has 1 fully saturated rings. The first-order valence-corrected chi connectivity index (χ1v) is 8.75. The highest BCUT2D eigenvalue weighted by Crippen LogP contribution is 2.29. The molecule has 1 aromatic heterocycles. The lowest BCUT2D eigenvalue weighted by molar-refractivity contribution is 0.0302. The van der Waals surface area contributed by atoms with Gasteiger partial charge in [0, 0.05) is 31.9 Å². The minimum absolute atomic E-state index is 0.0681. The molecule has 10 nitrogen and oxygen atoms in total. The minimum Gasteiger partial charge on any atom is -0.495 e. The van der Waals surface area contributed by atoms with Crippen molar-refractivity contribution in [2.45, 2.75) is 0 Å². The Hall–Kier alpha value is -3.40. The lowest BCUT2D eigenvalue weighted by Gasteiger charge is -2.27. The van der Waals surface area contributed by atoms with Gasteiger partial charge < -0.3 is 36.2 Å². The smallest absolute Gasteiger partial charge is 0.254 e. The zero-order chi connectivity index (χ0) is 20.1. The maximum Gasteiger partial charge on any atom is 0.254 e. The Kier molecular flexibility index (Phi) is 5.90. The highest BCUT2D eigenvalue weighted by Gasteiger charge is 2.20. The van der Waals surface area contributed by atoms with E-state index in [1.54, 1.807) is 30.1 Å². The van der Waals surface area contributed by atoms with E-state index >= 15 is 0 Å². The van der Waals surface area contributed by atoms with Crippen LogP contribution < -0.4 is 21.1 Å². The van der Waals surface area contributed by atoms with Gasteiger partial charge in [-0.05, 0) is 18.2 Å². The third-order valence-electron chi connectivity index (χ3n) is 4.35. The van der Waals surface area contributed by atoms with E-state index in [1.807, 2.05) is 0 Å². The minimum atomic E-state index is -0.0681. The van der Waals surface area contributed by atoms with Crippen molar-refractivity contribution in [3.8, 4) is 5.75 Å². The van der Waals surface area contributed by atoms with E-state index in [4.69, 9.17) is 20.6 Å². The number of nitrogens with two attached hydrogens (primary N) is 1. The summed E-state index contributed by atoms with van der Waals surface area (Å²) in [5.74, 6) is 1.26. The molecule has 1 aliphatic rings. The van der Waals surface area contributed by atoms with Gasteiger partial charge in [-0.2, -0.15) is 9.97 Å². The Bertz CT molecular complexity index is 882. The molecule has 28 heavy (non-hydrogen) atoms. The van der Waals surface area contributed by atoms with E-state index in [1.165, 1.54) is 7.11 Å².